The second kappa shape index (κ2) is 7.11. The largest absolute Gasteiger partial charge is 0.494 e. The molecule has 0 aromatic heterocycles. The van der Waals surface area contributed by atoms with Crippen LogP contribution in [0.5, 0.6) is 5.75 Å². The Bertz CT molecular complexity index is 503. The van der Waals surface area contributed by atoms with Crippen molar-refractivity contribution in [3.05, 3.63) is 24.3 Å². The lowest BCUT2D eigenvalue weighted by Gasteiger charge is -2.37. The third-order valence-electron chi connectivity index (χ3n) is 4.49. The van der Waals surface area contributed by atoms with Gasteiger partial charge in [-0.3, -0.25) is 14.6 Å². The van der Waals surface area contributed by atoms with E-state index >= 15 is 0 Å². The Balaban J connectivity index is 1.47. The first-order valence-electron chi connectivity index (χ1n) is 8.23. The van der Waals surface area contributed by atoms with Gasteiger partial charge in [0, 0.05) is 31.4 Å². The molecule has 1 amide bonds. The van der Waals surface area contributed by atoms with Gasteiger partial charge in [-0.25, -0.2) is 0 Å². The number of piperazine rings is 1. The molecule has 120 valence electrons. The topological polar surface area (TPSA) is 44.8 Å². The lowest BCUT2D eigenvalue weighted by molar-refractivity contribution is -0.117. The van der Waals surface area contributed by atoms with Crippen LogP contribution in [0.3, 0.4) is 0 Å². The molecule has 0 saturated carbocycles. The zero-order valence-corrected chi connectivity index (χ0v) is 13.3. The van der Waals surface area contributed by atoms with Gasteiger partial charge in [0.2, 0.25) is 5.91 Å². The summed E-state index contributed by atoms with van der Waals surface area (Å²) in [7, 11) is 0. The van der Waals surface area contributed by atoms with Crippen molar-refractivity contribution < 1.29 is 9.53 Å². The number of nitrogens with zero attached hydrogens (tertiary/aromatic N) is 2. The molecule has 1 aromatic carbocycles. The summed E-state index contributed by atoms with van der Waals surface area (Å²) in [5, 5.41) is 2.97. The second-order valence-electron chi connectivity index (χ2n) is 6.07. The molecule has 1 N–H and O–H groups in total. The summed E-state index contributed by atoms with van der Waals surface area (Å²) in [5.41, 5.74) is 0.827. The van der Waals surface area contributed by atoms with E-state index in [1.807, 2.05) is 31.2 Å². The number of hydrogen-bond acceptors (Lipinski definition) is 4. The minimum Gasteiger partial charge on any atom is -0.494 e. The van der Waals surface area contributed by atoms with Crippen molar-refractivity contribution in [2.24, 2.45) is 0 Å². The van der Waals surface area contributed by atoms with Crippen molar-refractivity contribution in [3.63, 3.8) is 0 Å². The summed E-state index contributed by atoms with van der Waals surface area (Å²) in [4.78, 5) is 17.0. The minimum atomic E-state index is 0.0654. The number of ether oxygens (including phenoxy) is 1. The van der Waals surface area contributed by atoms with Gasteiger partial charge in [-0.05, 0) is 50.6 Å². The first kappa shape index (κ1) is 15.3. The highest BCUT2D eigenvalue weighted by Gasteiger charge is 2.30. The molecule has 1 atom stereocenters. The number of fused-ring (bicyclic) bond motifs is 1. The molecule has 5 nitrogen and oxygen atoms in total. The predicted molar refractivity (Wildman–Crippen MR) is 87.3 cm³/mol. The summed E-state index contributed by atoms with van der Waals surface area (Å²) in [6, 6.07) is 8.20. The quantitative estimate of drug-likeness (QED) is 0.901. The second-order valence-corrected chi connectivity index (χ2v) is 6.07. The van der Waals surface area contributed by atoms with Gasteiger partial charge in [-0.2, -0.15) is 0 Å². The Labute approximate surface area is 132 Å². The maximum atomic E-state index is 12.2. The van der Waals surface area contributed by atoms with E-state index in [-0.39, 0.29) is 5.91 Å². The molecule has 0 bridgehead atoms. The average molecular weight is 303 g/mol. The number of carbonyl (C=O) groups excluding carboxylic acids is 1. The molecule has 1 unspecified atom stereocenters. The molecule has 22 heavy (non-hydrogen) atoms. The van der Waals surface area contributed by atoms with E-state index in [1.165, 1.54) is 19.4 Å². The van der Waals surface area contributed by atoms with Crippen molar-refractivity contribution in [3.8, 4) is 5.75 Å². The molecular weight excluding hydrogens is 278 g/mol. The summed E-state index contributed by atoms with van der Waals surface area (Å²) >= 11 is 0. The lowest BCUT2D eigenvalue weighted by atomic mass is 10.1. The molecule has 1 aromatic rings. The molecule has 0 radical (unpaired) electrons. The van der Waals surface area contributed by atoms with E-state index < -0.39 is 0 Å². The highest BCUT2D eigenvalue weighted by Crippen LogP contribution is 2.21. The summed E-state index contributed by atoms with van der Waals surface area (Å²) in [5.74, 6) is 0.897. The van der Waals surface area contributed by atoms with E-state index in [2.05, 4.69) is 15.1 Å². The maximum absolute atomic E-state index is 12.2. The normalized spacial score (nSPS) is 22.3. The Morgan fingerprint density at radius 2 is 2.09 bits per heavy atom. The number of amides is 1. The number of benzene rings is 1. The van der Waals surface area contributed by atoms with E-state index in [1.54, 1.807) is 0 Å². The first-order valence-corrected chi connectivity index (χ1v) is 8.23. The van der Waals surface area contributed by atoms with Crippen LogP contribution >= 0.6 is 0 Å². The fraction of sp³-hybridized carbons (Fsp3) is 0.588. The van der Waals surface area contributed by atoms with Gasteiger partial charge in [0.05, 0.1) is 13.2 Å². The highest BCUT2D eigenvalue weighted by atomic mass is 16.5. The standard InChI is InChI=1S/C17H25N3O2/c1-2-22-16-7-5-14(6-8-16)18-17(21)13-19-10-11-20-9-3-4-15(20)12-19/h5-8,15H,2-4,9-13H2,1H3,(H,18,21). The van der Waals surface area contributed by atoms with Crippen molar-refractivity contribution in [2.45, 2.75) is 25.8 Å². The smallest absolute Gasteiger partial charge is 0.238 e. The Morgan fingerprint density at radius 3 is 2.86 bits per heavy atom. The number of nitrogens with one attached hydrogen (secondary N) is 1. The van der Waals surface area contributed by atoms with Crippen LogP contribution in [0.2, 0.25) is 0 Å². The van der Waals surface area contributed by atoms with Gasteiger partial charge in [-0.15, -0.1) is 0 Å². The molecule has 0 aliphatic carbocycles. The van der Waals surface area contributed by atoms with Gasteiger partial charge in [-0.1, -0.05) is 0 Å². The fourth-order valence-corrected chi connectivity index (χ4v) is 3.40. The Hall–Kier alpha value is -1.59. The predicted octanol–water partition coefficient (Wildman–Crippen LogP) is 1.80. The van der Waals surface area contributed by atoms with Crippen molar-refractivity contribution in [1.29, 1.82) is 0 Å². The van der Waals surface area contributed by atoms with Crippen molar-refractivity contribution in [1.82, 2.24) is 9.80 Å². The van der Waals surface area contributed by atoms with Gasteiger partial charge in [0.1, 0.15) is 5.75 Å². The number of hydrogen-bond donors (Lipinski definition) is 1. The van der Waals surface area contributed by atoms with Crippen molar-refractivity contribution >= 4 is 11.6 Å². The first-order chi connectivity index (χ1) is 10.7. The van der Waals surface area contributed by atoms with Crippen LogP contribution in [-0.4, -0.2) is 61.1 Å². The lowest BCUT2D eigenvalue weighted by Crippen LogP contribution is -2.51. The molecule has 2 fully saturated rings. The van der Waals surface area contributed by atoms with Crippen LogP contribution < -0.4 is 10.1 Å². The number of anilines is 1. The van der Waals surface area contributed by atoms with Gasteiger partial charge >= 0.3 is 0 Å². The molecule has 2 aliphatic rings. The maximum Gasteiger partial charge on any atom is 0.238 e. The van der Waals surface area contributed by atoms with Gasteiger partial charge in [0.15, 0.2) is 0 Å². The summed E-state index contributed by atoms with van der Waals surface area (Å²) in [6.45, 7) is 7.44. The Kier molecular flexibility index (Phi) is 4.95. The zero-order valence-electron chi connectivity index (χ0n) is 13.3. The number of rotatable bonds is 5. The third-order valence-corrected chi connectivity index (χ3v) is 4.49. The van der Waals surface area contributed by atoms with E-state index in [9.17, 15) is 4.79 Å². The molecule has 3 rings (SSSR count). The summed E-state index contributed by atoms with van der Waals surface area (Å²) in [6.07, 6.45) is 2.58. The minimum absolute atomic E-state index is 0.0654. The third kappa shape index (κ3) is 3.78. The monoisotopic (exact) mass is 303 g/mol. The summed E-state index contributed by atoms with van der Waals surface area (Å²) < 4.78 is 5.40. The highest BCUT2D eigenvalue weighted by molar-refractivity contribution is 5.92. The van der Waals surface area contributed by atoms with E-state index in [0.29, 0.717) is 19.2 Å². The van der Waals surface area contributed by atoms with E-state index in [0.717, 1.165) is 31.1 Å². The van der Waals surface area contributed by atoms with Crippen LogP contribution in [0.4, 0.5) is 5.69 Å². The molecule has 5 heteroatoms. The Morgan fingerprint density at radius 1 is 1.27 bits per heavy atom. The van der Waals surface area contributed by atoms with Crippen LogP contribution in [0.15, 0.2) is 24.3 Å². The average Bonchev–Trinajstić information content (AvgIpc) is 2.97. The van der Waals surface area contributed by atoms with Gasteiger partial charge in [0.25, 0.3) is 0 Å². The number of carbonyl (C=O) groups is 1. The van der Waals surface area contributed by atoms with Crippen LogP contribution in [0.25, 0.3) is 0 Å². The molecule has 2 aliphatic heterocycles. The van der Waals surface area contributed by atoms with Crippen LogP contribution in [0, 0.1) is 0 Å². The zero-order chi connectivity index (χ0) is 15.4. The fourth-order valence-electron chi connectivity index (χ4n) is 3.40. The van der Waals surface area contributed by atoms with Crippen molar-refractivity contribution in [2.75, 3.05) is 44.6 Å². The molecule has 2 heterocycles. The molecular formula is C17H25N3O2. The SMILES string of the molecule is CCOc1ccc(NC(=O)CN2CCN3CCCC3C2)cc1. The van der Waals surface area contributed by atoms with Gasteiger partial charge < -0.3 is 10.1 Å². The van der Waals surface area contributed by atoms with E-state index in [4.69, 9.17) is 4.74 Å². The molecule has 0 spiro atoms. The van der Waals surface area contributed by atoms with Crippen LogP contribution in [-0.2, 0) is 4.79 Å². The van der Waals surface area contributed by atoms with Crippen LogP contribution in [0.1, 0.15) is 19.8 Å². The molecule has 2 saturated heterocycles.